The van der Waals surface area contributed by atoms with Gasteiger partial charge in [0.25, 0.3) is 0 Å². The lowest BCUT2D eigenvalue weighted by atomic mass is 10.1. The van der Waals surface area contributed by atoms with Gasteiger partial charge in [0, 0.05) is 6.54 Å². The van der Waals surface area contributed by atoms with Gasteiger partial charge in [-0.05, 0) is 25.0 Å². The molecule has 0 aliphatic carbocycles. The van der Waals surface area contributed by atoms with Gasteiger partial charge in [0.2, 0.25) is 0 Å². The Morgan fingerprint density at radius 1 is 1.47 bits per heavy atom. The Morgan fingerprint density at radius 2 is 2.21 bits per heavy atom. The van der Waals surface area contributed by atoms with Crippen molar-refractivity contribution >= 4 is 27.2 Å². The number of anilines is 2. The summed E-state index contributed by atoms with van der Waals surface area (Å²) in [5.41, 5.74) is 6.38. The molecule has 7 heteroatoms. The molecule has 104 valence electrons. The zero-order valence-electron chi connectivity index (χ0n) is 10.3. The molecule has 1 heterocycles. The van der Waals surface area contributed by atoms with Crippen molar-refractivity contribution in [2.24, 2.45) is 0 Å². The van der Waals surface area contributed by atoms with Gasteiger partial charge < -0.3 is 16.2 Å². The summed E-state index contributed by atoms with van der Waals surface area (Å²) in [6.07, 6.45) is 1.26. The summed E-state index contributed by atoms with van der Waals surface area (Å²) in [5, 5.41) is 11.5. The van der Waals surface area contributed by atoms with Crippen LogP contribution in [-0.2, 0) is 9.84 Å². The lowest BCUT2D eigenvalue weighted by Crippen LogP contribution is -2.26. The molecule has 1 aromatic carbocycles. The van der Waals surface area contributed by atoms with Gasteiger partial charge in [-0.1, -0.05) is 6.07 Å². The van der Waals surface area contributed by atoms with Crippen LogP contribution >= 0.6 is 0 Å². The molecule has 0 aromatic heterocycles. The monoisotopic (exact) mass is 284 g/mol. The molecule has 1 aliphatic rings. The van der Waals surface area contributed by atoms with Gasteiger partial charge in [0.1, 0.15) is 0 Å². The van der Waals surface area contributed by atoms with Crippen molar-refractivity contribution in [2.75, 3.05) is 23.3 Å². The summed E-state index contributed by atoms with van der Waals surface area (Å²) < 4.78 is 23.4. The molecule has 2 rings (SSSR count). The summed E-state index contributed by atoms with van der Waals surface area (Å²) >= 11 is 0. The van der Waals surface area contributed by atoms with E-state index < -0.39 is 21.1 Å². The Morgan fingerprint density at radius 3 is 2.79 bits per heavy atom. The van der Waals surface area contributed by atoms with E-state index in [0.717, 1.165) is 0 Å². The van der Waals surface area contributed by atoms with Crippen LogP contribution in [0.2, 0.25) is 0 Å². The highest BCUT2D eigenvalue weighted by molar-refractivity contribution is 7.92. The van der Waals surface area contributed by atoms with Crippen LogP contribution in [0.25, 0.3) is 0 Å². The average molecular weight is 284 g/mol. The molecule has 1 aromatic rings. The number of hydrogen-bond acceptors (Lipinski definition) is 5. The maximum atomic E-state index is 11.7. The first kappa shape index (κ1) is 13.7. The topological polar surface area (TPSA) is 109 Å². The smallest absolute Gasteiger partial charge is 0.337 e. The molecule has 0 saturated carbocycles. The molecule has 0 radical (unpaired) electrons. The third-order valence-corrected chi connectivity index (χ3v) is 5.57. The van der Waals surface area contributed by atoms with Crippen molar-refractivity contribution in [1.29, 1.82) is 0 Å². The molecule has 0 amide bonds. The molecule has 1 saturated heterocycles. The highest BCUT2D eigenvalue weighted by atomic mass is 32.2. The maximum Gasteiger partial charge on any atom is 0.337 e. The third kappa shape index (κ3) is 2.81. The van der Waals surface area contributed by atoms with Crippen LogP contribution in [-0.4, -0.2) is 37.0 Å². The number of benzene rings is 1. The van der Waals surface area contributed by atoms with Crippen LogP contribution < -0.4 is 11.1 Å². The van der Waals surface area contributed by atoms with Gasteiger partial charge in [-0.15, -0.1) is 0 Å². The number of nitrogens with one attached hydrogen (secondary N) is 1. The van der Waals surface area contributed by atoms with E-state index >= 15 is 0 Å². The molecule has 0 spiro atoms. The number of carboxylic acids is 1. The second-order valence-electron chi connectivity index (χ2n) is 4.59. The second-order valence-corrected chi connectivity index (χ2v) is 6.99. The summed E-state index contributed by atoms with van der Waals surface area (Å²) in [4.78, 5) is 11.1. The molecule has 1 unspecified atom stereocenters. The third-order valence-electron chi connectivity index (χ3n) is 3.30. The van der Waals surface area contributed by atoms with Gasteiger partial charge in [-0.3, -0.25) is 0 Å². The Bertz CT molecular complexity index is 598. The molecular formula is C12H16N2O4S. The standard InChI is InChI=1S/C12H16N2O4S/c13-10-5-1-4-9(12(15)16)11(10)14-7-8-3-2-6-19(8,17)18/h1,4-5,8,14H,2-3,6-7,13H2,(H,15,16). The van der Waals surface area contributed by atoms with Crippen LogP contribution in [0.3, 0.4) is 0 Å². The normalized spacial score (nSPS) is 21.2. The number of carboxylic acid groups (broad SMARTS) is 1. The van der Waals surface area contributed by atoms with E-state index in [1.807, 2.05) is 0 Å². The minimum absolute atomic E-state index is 0.0513. The number of aromatic carboxylic acids is 1. The Kier molecular flexibility index (Phi) is 3.66. The maximum absolute atomic E-state index is 11.7. The van der Waals surface area contributed by atoms with Crippen molar-refractivity contribution in [3.05, 3.63) is 23.8 Å². The fourth-order valence-electron chi connectivity index (χ4n) is 2.25. The van der Waals surface area contributed by atoms with Crippen LogP contribution in [0.5, 0.6) is 0 Å². The molecule has 19 heavy (non-hydrogen) atoms. The molecule has 6 nitrogen and oxygen atoms in total. The first-order chi connectivity index (χ1) is 8.92. The van der Waals surface area contributed by atoms with Crippen LogP contribution in [0.15, 0.2) is 18.2 Å². The van der Waals surface area contributed by atoms with Gasteiger partial charge >= 0.3 is 5.97 Å². The van der Waals surface area contributed by atoms with Crippen LogP contribution in [0, 0.1) is 0 Å². The van der Waals surface area contributed by atoms with E-state index in [2.05, 4.69) is 5.32 Å². The van der Waals surface area contributed by atoms with Crippen LogP contribution in [0.4, 0.5) is 11.4 Å². The minimum atomic E-state index is -3.05. The molecule has 1 fully saturated rings. The largest absolute Gasteiger partial charge is 0.478 e. The highest BCUT2D eigenvalue weighted by Gasteiger charge is 2.31. The first-order valence-corrected chi connectivity index (χ1v) is 7.70. The number of hydrogen-bond donors (Lipinski definition) is 3. The fourth-order valence-corrected chi connectivity index (χ4v) is 4.01. The number of sulfone groups is 1. The minimum Gasteiger partial charge on any atom is -0.478 e. The predicted octanol–water partition coefficient (Wildman–Crippen LogP) is 0.956. The van der Waals surface area contributed by atoms with E-state index in [1.165, 1.54) is 6.07 Å². The van der Waals surface area contributed by atoms with Crippen molar-refractivity contribution in [1.82, 2.24) is 0 Å². The first-order valence-electron chi connectivity index (χ1n) is 5.99. The Balaban J connectivity index is 2.18. The summed E-state index contributed by atoms with van der Waals surface area (Å²) in [6.45, 7) is 0.191. The molecule has 1 atom stereocenters. The van der Waals surface area contributed by atoms with Crippen molar-refractivity contribution in [3.8, 4) is 0 Å². The van der Waals surface area contributed by atoms with Gasteiger partial charge in [-0.25, -0.2) is 13.2 Å². The van der Waals surface area contributed by atoms with Crippen molar-refractivity contribution in [2.45, 2.75) is 18.1 Å². The van der Waals surface area contributed by atoms with E-state index in [4.69, 9.17) is 10.8 Å². The van der Waals surface area contributed by atoms with E-state index in [9.17, 15) is 13.2 Å². The Labute approximate surface area is 111 Å². The second kappa shape index (κ2) is 5.08. The molecule has 1 aliphatic heterocycles. The van der Waals surface area contributed by atoms with E-state index in [1.54, 1.807) is 12.1 Å². The number of carbonyl (C=O) groups is 1. The summed E-state index contributed by atoms with van der Waals surface area (Å²) in [6, 6.07) is 4.57. The molecular weight excluding hydrogens is 268 g/mol. The number of nitrogen functional groups attached to an aromatic ring is 1. The fraction of sp³-hybridized carbons (Fsp3) is 0.417. The molecule has 4 N–H and O–H groups in total. The highest BCUT2D eigenvalue weighted by Crippen LogP contribution is 2.26. The zero-order chi connectivity index (χ0) is 14.0. The quantitative estimate of drug-likeness (QED) is 0.710. The lowest BCUT2D eigenvalue weighted by molar-refractivity contribution is 0.0698. The lowest BCUT2D eigenvalue weighted by Gasteiger charge is -2.15. The van der Waals surface area contributed by atoms with Crippen LogP contribution in [0.1, 0.15) is 23.2 Å². The van der Waals surface area contributed by atoms with Crippen molar-refractivity contribution < 1.29 is 18.3 Å². The number of para-hydroxylation sites is 1. The Hall–Kier alpha value is -1.76. The predicted molar refractivity (Wildman–Crippen MR) is 73.1 cm³/mol. The molecule has 0 bridgehead atoms. The van der Waals surface area contributed by atoms with Gasteiger partial charge in [-0.2, -0.15) is 0 Å². The number of rotatable bonds is 4. The number of nitrogens with two attached hydrogens (primary N) is 1. The summed E-state index contributed by atoms with van der Waals surface area (Å²) in [7, 11) is -3.05. The van der Waals surface area contributed by atoms with E-state index in [0.29, 0.717) is 18.5 Å². The van der Waals surface area contributed by atoms with Gasteiger partial charge in [0.15, 0.2) is 9.84 Å². The van der Waals surface area contributed by atoms with Crippen molar-refractivity contribution in [3.63, 3.8) is 0 Å². The zero-order valence-corrected chi connectivity index (χ0v) is 11.1. The average Bonchev–Trinajstić information content (AvgIpc) is 2.66. The SMILES string of the molecule is Nc1cccc(C(=O)O)c1NCC1CCCS1(=O)=O. The summed E-state index contributed by atoms with van der Waals surface area (Å²) in [5.74, 6) is -0.890. The van der Waals surface area contributed by atoms with E-state index in [-0.39, 0.29) is 23.5 Å². The van der Waals surface area contributed by atoms with Gasteiger partial charge in [0.05, 0.1) is 27.9 Å².